The van der Waals surface area contributed by atoms with E-state index in [-0.39, 0.29) is 29.3 Å². The van der Waals surface area contributed by atoms with Crippen molar-refractivity contribution in [3.63, 3.8) is 0 Å². The van der Waals surface area contributed by atoms with Gasteiger partial charge in [-0.15, -0.1) is 0 Å². The van der Waals surface area contributed by atoms with Crippen LogP contribution >= 0.6 is 11.8 Å². The molecule has 0 spiro atoms. The van der Waals surface area contributed by atoms with Gasteiger partial charge in [-0.2, -0.15) is 0 Å². The molecule has 26 heavy (non-hydrogen) atoms. The lowest BCUT2D eigenvalue weighted by Crippen LogP contribution is -2.62. The van der Waals surface area contributed by atoms with E-state index in [4.69, 9.17) is 0 Å². The molecule has 1 N–H and O–H groups in total. The van der Waals surface area contributed by atoms with Gasteiger partial charge in [0, 0.05) is 24.1 Å². The molecule has 2 heterocycles. The zero-order valence-electron chi connectivity index (χ0n) is 14.8. The number of carbonyl (C=O) groups excluding carboxylic acids is 2. The highest BCUT2D eigenvalue weighted by atomic mass is 32.2. The van der Waals surface area contributed by atoms with Crippen LogP contribution in [0.5, 0.6) is 0 Å². The number of carbonyl (C=O) groups is 2. The summed E-state index contributed by atoms with van der Waals surface area (Å²) in [6.45, 7) is 4.01. The SMILES string of the molecule is CC[C@@H](NC(=O)N1C(=O)C[C@@H]1[C@H](C)Sc1ncccn1)c1ccccc1. The number of thioether (sulfide) groups is 1. The fourth-order valence-corrected chi connectivity index (χ4v) is 3.95. The van der Waals surface area contributed by atoms with Crippen molar-refractivity contribution in [3.8, 4) is 0 Å². The highest BCUT2D eigenvalue weighted by Gasteiger charge is 2.44. The summed E-state index contributed by atoms with van der Waals surface area (Å²) in [5, 5.41) is 3.66. The summed E-state index contributed by atoms with van der Waals surface area (Å²) in [7, 11) is 0. The fourth-order valence-electron chi connectivity index (χ4n) is 3.00. The molecule has 1 aliphatic heterocycles. The minimum atomic E-state index is -0.330. The van der Waals surface area contributed by atoms with E-state index in [0.29, 0.717) is 11.6 Å². The third kappa shape index (κ3) is 4.04. The summed E-state index contributed by atoms with van der Waals surface area (Å²) in [5.74, 6) is -0.142. The lowest BCUT2D eigenvalue weighted by atomic mass is 9.99. The average molecular weight is 370 g/mol. The van der Waals surface area contributed by atoms with Crippen molar-refractivity contribution in [2.75, 3.05) is 0 Å². The van der Waals surface area contributed by atoms with Crippen LogP contribution in [-0.4, -0.2) is 38.1 Å². The number of imide groups is 1. The number of hydrogen-bond acceptors (Lipinski definition) is 5. The molecule has 1 saturated heterocycles. The van der Waals surface area contributed by atoms with Gasteiger partial charge in [0.1, 0.15) is 0 Å². The van der Waals surface area contributed by atoms with Crippen molar-refractivity contribution in [1.82, 2.24) is 20.2 Å². The van der Waals surface area contributed by atoms with Crippen molar-refractivity contribution >= 4 is 23.7 Å². The number of urea groups is 1. The maximum Gasteiger partial charge on any atom is 0.324 e. The predicted octanol–water partition coefficient (Wildman–Crippen LogP) is 3.42. The average Bonchev–Trinajstić information content (AvgIpc) is 2.65. The van der Waals surface area contributed by atoms with Crippen LogP contribution in [0.3, 0.4) is 0 Å². The van der Waals surface area contributed by atoms with Crippen molar-refractivity contribution < 1.29 is 9.59 Å². The number of benzene rings is 1. The van der Waals surface area contributed by atoms with E-state index in [1.807, 2.05) is 44.2 Å². The van der Waals surface area contributed by atoms with Gasteiger partial charge in [0.05, 0.1) is 12.1 Å². The highest BCUT2D eigenvalue weighted by molar-refractivity contribution is 7.99. The first-order valence-electron chi connectivity index (χ1n) is 8.71. The van der Waals surface area contributed by atoms with Gasteiger partial charge in [0.2, 0.25) is 5.91 Å². The van der Waals surface area contributed by atoms with E-state index in [9.17, 15) is 9.59 Å². The van der Waals surface area contributed by atoms with Crippen LogP contribution in [0, 0.1) is 0 Å². The van der Waals surface area contributed by atoms with Crippen LogP contribution in [0.1, 0.15) is 38.3 Å². The number of nitrogens with one attached hydrogen (secondary N) is 1. The molecule has 2 aromatic rings. The molecule has 0 bridgehead atoms. The van der Waals surface area contributed by atoms with E-state index in [2.05, 4.69) is 15.3 Å². The van der Waals surface area contributed by atoms with Gasteiger partial charge < -0.3 is 5.32 Å². The summed E-state index contributed by atoms with van der Waals surface area (Å²) in [5.41, 5.74) is 1.04. The van der Waals surface area contributed by atoms with Gasteiger partial charge in [0.15, 0.2) is 5.16 Å². The summed E-state index contributed by atoms with van der Waals surface area (Å²) >= 11 is 1.48. The smallest absolute Gasteiger partial charge is 0.324 e. The minimum Gasteiger partial charge on any atom is -0.331 e. The Morgan fingerprint density at radius 1 is 1.27 bits per heavy atom. The van der Waals surface area contributed by atoms with Crippen LogP contribution in [0.25, 0.3) is 0 Å². The molecule has 1 aliphatic rings. The lowest BCUT2D eigenvalue weighted by molar-refractivity contribution is -0.140. The first kappa shape index (κ1) is 18.4. The molecular formula is C19H22N4O2S. The summed E-state index contributed by atoms with van der Waals surface area (Å²) in [6.07, 6.45) is 4.50. The molecule has 1 fully saturated rings. The number of likely N-dealkylation sites (tertiary alicyclic amines) is 1. The second-order valence-corrected chi connectivity index (χ2v) is 7.55. The molecule has 3 amide bonds. The second-order valence-electron chi connectivity index (χ2n) is 6.21. The summed E-state index contributed by atoms with van der Waals surface area (Å²) in [6, 6.07) is 11.0. The molecule has 0 unspecified atom stereocenters. The van der Waals surface area contributed by atoms with Crippen molar-refractivity contribution in [2.24, 2.45) is 0 Å². The first-order valence-corrected chi connectivity index (χ1v) is 9.59. The number of nitrogens with zero attached hydrogens (tertiary/aromatic N) is 3. The van der Waals surface area contributed by atoms with Gasteiger partial charge >= 0.3 is 6.03 Å². The number of amides is 3. The Morgan fingerprint density at radius 2 is 1.96 bits per heavy atom. The van der Waals surface area contributed by atoms with Crippen LogP contribution in [-0.2, 0) is 4.79 Å². The van der Waals surface area contributed by atoms with Crippen LogP contribution in [0.4, 0.5) is 4.79 Å². The Kier molecular flexibility index (Phi) is 5.88. The van der Waals surface area contributed by atoms with E-state index >= 15 is 0 Å². The van der Waals surface area contributed by atoms with Crippen LogP contribution < -0.4 is 5.32 Å². The normalized spacial score (nSPS) is 18.8. The lowest BCUT2D eigenvalue weighted by Gasteiger charge is -2.42. The summed E-state index contributed by atoms with van der Waals surface area (Å²) in [4.78, 5) is 34.5. The molecule has 7 heteroatoms. The Balaban J connectivity index is 1.64. The molecule has 1 aromatic carbocycles. The van der Waals surface area contributed by atoms with Gasteiger partial charge in [0.25, 0.3) is 0 Å². The Hall–Kier alpha value is -2.41. The highest BCUT2D eigenvalue weighted by Crippen LogP contribution is 2.32. The van der Waals surface area contributed by atoms with E-state index in [1.165, 1.54) is 16.7 Å². The third-order valence-corrected chi connectivity index (χ3v) is 5.59. The number of rotatable bonds is 6. The zero-order chi connectivity index (χ0) is 18.5. The molecule has 3 rings (SSSR count). The zero-order valence-corrected chi connectivity index (χ0v) is 15.6. The Bertz CT molecular complexity index is 757. The van der Waals surface area contributed by atoms with Gasteiger partial charge in [-0.05, 0) is 18.1 Å². The first-order chi connectivity index (χ1) is 12.6. The monoisotopic (exact) mass is 370 g/mol. The number of aromatic nitrogens is 2. The standard InChI is InChI=1S/C19H22N4O2S/c1-3-15(14-8-5-4-6-9-14)22-19(25)23-16(12-17(23)24)13(2)26-18-20-10-7-11-21-18/h4-11,13,15-16H,3,12H2,1-2H3,(H,22,25)/t13-,15+,16+/m0/s1. The molecule has 3 atom stereocenters. The number of β-lactam (4-membered cyclic amide) rings is 1. The number of hydrogen-bond donors (Lipinski definition) is 1. The quantitative estimate of drug-likeness (QED) is 0.479. The summed E-state index contributed by atoms with van der Waals surface area (Å²) < 4.78 is 0. The molecule has 136 valence electrons. The maximum absolute atomic E-state index is 12.7. The predicted molar refractivity (Wildman–Crippen MR) is 101 cm³/mol. The maximum atomic E-state index is 12.7. The second kappa shape index (κ2) is 8.31. The van der Waals surface area contributed by atoms with Crippen molar-refractivity contribution in [1.29, 1.82) is 0 Å². The molecule has 0 saturated carbocycles. The van der Waals surface area contributed by atoms with Crippen molar-refractivity contribution in [2.45, 2.75) is 49.2 Å². The van der Waals surface area contributed by atoms with E-state index in [1.54, 1.807) is 18.5 Å². The Labute approximate surface area is 157 Å². The van der Waals surface area contributed by atoms with Gasteiger partial charge in [-0.25, -0.2) is 14.8 Å². The van der Waals surface area contributed by atoms with Crippen LogP contribution in [0.15, 0.2) is 53.9 Å². The molecular weight excluding hydrogens is 348 g/mol. The molecule has 1 aromatic heterocycles. The van der Waals surface area contributed by atoms with Crippen LogP contribution in [0.2, 0.25) is 0 Å². The third-order valence-electron chi connectivity index (χ3n) is 4.49. The largest absolute Gasteiger partial charge is 0.331 e. The minimum absolute atomic E-state index is 0.0256. The molecule has 0 aliphatic carbocycles. The van der Waals surface area contributed by atoms with Crippen molar-refractivity contribution in [3.05, 3.63) is 54.4 Å². The molecule has 6 nitrogen and oxygen atoms in total. The fraction of sp³-hybridized carbons (Fsp3) is 0.368. The van der Waals surface area contributed by atoms with E-state index < -0.39 is 0 Å². The van der Waals surface area contributed by atoms with E-state index in [0.717, 1.165) is 12.0 Å². The topological polar surface area (TPSA) is 75.2 Å². The molecule has 0 radical (unpaired) electrons. The Morgan fingerprint density at radius 3 is 2.58 bits per heavy atom. The van der Waals surface area contributed by atoms with Gasteiger partial charge in [-0.1, -0.05) is 55.9 Å². The van der Waals surface area contributed by atoms with Gasteiger partial charge in [-0.3, -0.25) is 9.69 Å².